The number of benzene rings is 1. The number of esters is 1. The van der Waals surface area contributed by atoms with Gasteiger partial charge in [0.2, 0.25) is 0 Å². The summed E-state index contributed by atoms with van der Waals surface area (Å²) >= 11 is -0.319. The molecular formula is C12H11F3N2O2S. The van der Waals surface area contributed by atoms with Gasteiger partial charge in [-0.1, -0.05) is 0 Å². The summed E-state index contributed by atoms with van der Waals surface area (Å²) in [4.78, 5) is 11.1. The van der Waals surface area contributed by atoms with Gasteiger partial charge in [-0.05, 0) is 35.0 Å². The molecule has 1 rings (SSSR count). The Hall–Kier alpha value is -1.72. The topological polar surface area (TPSA) is 76.1 Å². The number of hydrogen-bond acceptors (Lipinski definition) is 5. The molecule has 2 N–H and O–H groups in total. The van der Waals surface area contributed by atoms with E-state index < -0.39 is 11.5 Å². The number of alkyl halides is 3. The third-order valence-electron chi connectivity index (χ3n) is 2.40. The van der Waals surface area contributed by atoms with Crippen LogP contribution in [0, 0.1) is 11.3 Å². The number of carbonyl (C=O) groups excluding carboxylic acids is 1. The number of hydrogen-bond donors (Lipinski definition) is 1. The van der Waals surface area contributed by atoms with E-state index in [9.17, 15) is 18.0 Å². The zero-order valence-electron chi connectivity index (χ0n) is 10.5. The maximum absolute atomic E-state index is 12.4. The Morgan fingerprint density at radius 3 is 2.50 bits per heavy atom. The number of thioether (sulfide) groups is 1. The van der Waals surface area contributed by atoms with Crippen LogP contribution in [0.25, 0.3) is 0 Å². The van der Waals surface area contributed by atoms with E-state index in [0.29, 0.717) is 0 Å². The summed E-state index contributed by atoms with van der Waals surface area (Å²) < 4.78 is 41.6. The summed E-state index contributed by atoms with van der Waals surface area (Å²) in [6, 6.07) is 4.22. The SMILES string of the molecule is COC(=O)Cc1cc(SC(F)(F)F)cc(CN)c1C#N. The van der Waals surface area contributed by atoms with Crippen LogP contribution in [0.2, 0.25) is 0 Å². The number of methoxy groups -OCH3 is 1. The third kappa shape index (κ3) is 4.43. The number of ether oxygens (including phenoxy) is 1. The Kier molecular flexibility index (Phi) is 5.42. The molecule has 0 atom stereocenters. The Labute approximate surface area is 117 Å². The molecule has 0 radical (unpaired) electrons. The molecule has 8 heteroatoms. The smallest absolute Gasteiger partial charge is 0.446 e. The summed E-state index contributed by atoms with van der Waals surface area (Å²) in [5, 5.41) is 9.05. The monoisotopic (exact) mass is 304 g/mol. The van der Waals surface area contributed by atoms with Gasteiger partial charge in [0, 0.05) is 11.4 Å². The maximum Gasteiger partial charge on any atom is 0.446 e. The van der Waals surface area contributed by atoms with Gasteiger partial charge in [0.1, 0.15) is 0 Å². The molecule has 0 saturated carbocycles. The van der Waals surface area contributed by atoms with E-state index in [2.05, 4.69) is 4.74 Å². The van der Waals surface area contributed by atoms with Crippen LogP contribution in [0.4, 0.5) is 13.2 Å². The lowest BCUT2D eigenvalue weighted by Crippen LogP contribution is -2.10. The van der Waals surface area contributed by atoms with Crippen molar-refractivity contribution in [3.63, 3.8) is 0 Å². The number of rotatable bonds is 4. The minimum Gasteiger partial charge on any atom is -0.469 e. The van der Waals surface area contributed by atoms with E-state index in [4.69, 9.17) is 11.0 Å². The van der Waals surface area contributed by atoms with Gasteiger partial charge in [-0.2, -0.15) is 18.4 Å². The molecule has 0 spiro atoms. The third-order valence-corrected chi connectivity index (χ3v) is 3.11. The van der Waals surface area contributed by atoms with Crippen LogP contribution >= 0.6 is 11.8 Å². The lowest BCUT2D eigenvalue weighted by molar-refractivity contribution is -0.139. The molecule has 0 saturated heterocycles. The Balaban J connectivity index is 3.28. The summed E-state index contributed by atoms with van der Waals surface area (Å²) in [6.07, 6.45) is -0.279. The van der Waals surface area contributed by atoms with E-state index in [1.54, 1.807) is 0 Å². The van der Waals surface area contributed by atoms with Crippen LogP contribution < -0.4 is 5.73 Å². The quantitative estimate of drug-likeness (QED) is 0.682. The van der Waals surface area contributed by atoms with Crippen molar-refractivity contribution in [2.45, 2.75) is 23.4 Å². The Bertz CT molecular complexity index is 553. The van der Waals surface area contributed by atoms with Crippen molar-refractivity contribution in [2.24, 2.45) is 5.73 Å². The van der Waals surface area contributed by atoms with Crippen molar-refractivity contribution in [1.29, 1.82) is 5.26 Å². The van der Waals surface area contributed by atoms with Crippen LogP contribution in [0.1, 0.15) is 16.7 Å². The molecule has 0 aliphatic rings. The van der Waals surface area contributed by atoms with Gasteiger partial charge < -0.3 is 10.5 Å². The highest BCUT2D eigenvalue weighted by Gasteiger charge is 2.30. The van der Waals surface area contributed by atoms with Crippen LogP contribution in [0.5, 0.6) is 0 Å². The average Bonchev–Trinajstić information content (AvgIpc) is 2.35. The number of nitrogens with zero attached hydrogens (tertiary/aromatic N) is 1. The fourth-order valence-corrected chi connectivity index (χ4v) is 2.27. The largest absolute Gasteiger partial charge is 0.469 e. The molecule has 4 nitrogen and oxygen atoms in total. The minimum absolute atomic E-state index is 0.0939. The second-order valence-electron chi connectivity index (χ2n) is 3.73. The lowest BCUT2D eigenvalue weighted by atomic mass is 9.99. The van der Waals surface area contributed by atoms with E-state index in [-0.39, 0.29) is 46.3 Å². The average molecular weight is 304 g/mol. The first-order chi connectivity index (χ1) is 9.30. The molecule has 20 heavy (non-hydrogen) atoms. The zero-order chi connectivity index (χ0) is 15.3. The van der Waals surface area contributed by atoms with E-state index >= 15 is 0 Å². The number of nitrogens with two attached hydrogens (primary N) is 1. The molecule has 0 bridgehead atoms. The molecule has 108 valence electrons. The van der Waals surface area contributed by atoms with Crippen molar-refractivity contribution in [2.75, 3.05) is 7.11 Å². The molecule has 1 aromatic rings. The summed E-state index contributed by atoms with van der Waals surface area (Å²) in [5.74, 6) is -0.640. The molecule has 0 aromatic heterocycles. The van der Waals surface area contributed by atoms with Crippen LogP contribution in [0.3, 0.4) is 0 Å². The number of nitriles is 1. The molecule has 0 amide bonds. The van der Waals surface area contributed by atoms with E-state index in [1.807, 2.05) is 6.07 Å². The molecule has 0 aliphatic carbocycles. The number of halogens is 3. The normalized spacial score (nSPS) is 11.0. The molecule has 1 aromatic carbocycles. The van der Waals surface area contributed by atoms with Crippen LogP contribution in [-0.2, 0) is 22.5 Å². The first-order valence-corrected chi connectivity index (χ1v) is 6.21. The number of carbonyl (C=O) groups is 1. The zero-order valence-corrected chi connectivity index (χ0v) is 11.3. The lowest BCUT2D eigenvalue weighted by Gasteiger charge is -2.12. The standard InChI is InChI=1S/C12H11F3N2O2S/c1-19-11(18)4-7-2-9(20-12(13,14)15)3-8(5-16)10(7)6-17/h2-3H,4-5,16H2,1H3. The first kappa shape index (κ1) is 16.3. The van der Waals surface area contributed by atoms with E-state index in [0.717, 1.165) is 13.2 Å². The second-order valence-corrected chi connectivity index (χ2v) is 4.87. The molecule has 0 aliphatic heterocycles. The highest BCUT2D eigenvalue weighted by molar-refractivity contribution is 8.00. The fourth-order valence-electron chi connectivity index (χ4n) is 1.60. The predicted molar refractivity (Wildman–Crippen MR) is 66.7 cm³/mol. The van der Waals surface area contributed by atoms with Gasteiger partial charge in [0.15, 0.2) is 0 Å². The highest BCUT2D eigenvalue weighted by Crippen LogP contribution is 2.38. The second kappa shape index (κ2) is 6.63. The molecular weight excluding hydrogens is 293 g/mol. The Morgan fingerprint density at radius 1 is 1.45 bits per heavy atom. The summed E-state index contributed by atoms with van der Waals surface area (Å²) in [5.41, 5.74) is 1.53. The van der Waals surface area contributed by atoms with E-state index in [1.165, 1.54) is 6.07 Å². The highest BCUT2D eigenvalue weighted by atomic mass is 32.2. The van der Waals surface area contributed by atoms with Crippen LogP contribution in [0.15, 0.2) is 17.0 Å². The van der Waals surface area contributed by atoms with Crippen molar-refractivity contribution < 1.29 is 22.7 Å². The Morgan fingerprint density at radius 2 is 2.05 bits per heavy atom. The first-order valence-electron chi connectivity index (χ1n) is 5.39. The van der Waals surface area contributed by atoms with Crippen molar-refractivity contribution in [3.8, 4) is 6.07 Å². The van der Waals surface area contributed by atoms with Crippen molar-refractivity contribution >= 4 is 17.7 Å². The molecule has 0 unspecified atom stereocenters. The van der Waals surface area contributed by atoms with Crippen molar-refractivity contribution in [1.82, 2.24) is 0 Å². The van der Waals surface area contributed by atoms with Gasteiger partial charge in [-0.15, -0.1) is 0 Å². The maximum atomic E-state index is 12.4. The fraction of sp³-hybridized carbons (Fsp3) is 0.333. The summed E-state index contributed by atoms with van der Waals surface area (Å²) in [6.45, 7) is -0.0939. The van der Waals surface area contributed by atoms with Gasteiger partial charge in [0.25, 0.3) is 0 Å². The summed E-state index contributed by atoms with van der Waals surface area (Å²) in [7, 11) is 1.16. The molecule has 0 fully saturated rings. The van der Waals surface area contributed by atoms with Crippen molar-refractivity contribution in [3.05, 3.63) is 28.8 Å². The van der Waals surface area contributed by atoms with Gasteiger partial charge in [-0.25, -0.2) is 0 Å². The molecule has 0 heterocycles. The van der Waals surface area contributed by atoms with Gasteiger partial charge in [-0.3, -0.25) is 4.79 Å². The van der Waals surface area contributed by atoms with Gasteiger partial charge >= 0.3 is 11.5 Å². The predicted octanol–water partition coefficient (Wildman–Crippen LogP) is 2.34. The van der Waals surface area contributed by atoms with Gasteiger partial charge in [0.05, 0.1) is 25.2 Å². The minimum atomic E-state index is -4.46. The van der Waals surface area contributed by atoms with Crippen LogP contribution in [-0.4, -0.2) is 18.6 Å².